The molecule has 0 aromatic heterocycles. The molecular formula is C21H27NO2. The normalized spacial score (nSPS) is 10.3. The van der Waals surface area contributed by atoms with Gasteiger partial charge >= 0.3 is 0 Å². The van der Waals surface area contributed by atoms with E-state index in [1.165, 1.54) is 11.1 Å². The van der Waals surface area contributed by atoms with Crippen molar-refractivity contribution in [1.29, 1.82) is 0 Å². The molecule has 0 radical (unpaired) electrons. The van der Waals surface area contributed by atoms with Crippen LogP contribution in [-0.2, 0) is 13.0 Å². The van der Waals surface area contributed by atoms with Gasteiger partial charge < -0.3 is 14.8 Å². The van der Waals surface area contributed by atoms with Gasteiger partial charge in [-0.2, -0.15) is 0 Å². The number of hydrogen-bond donors (Lipinski definition) is 1. The summed E-state index contributed by atoms with van der Waals surface area (Å²) in [6.07, 6.45) is 2.65. The lowest BCUT2D eigenvalue weighted by Gasteiger charge is -2.17. The van der Waals surface area contributed by atoms with Crippen molar-refractivity contribution in [3.63, 3.8) is 0 Å². The van der Waals surface area contributed by atoms with Gasteiger partial charge in [0.05, 0.1) is 13.2 Å². The van der Waals surface area contributed by atoms with Gasteiger partial charge in [-0.25, -0.2) is 0 Å². The number of benzene rings is 2. The van der Waals surface area contributed by atoms with Crippen LogP contribution in [0.1, 0.15) is 30.5 Å². The number of allylic oxidation sites excluding steroid dienone is 1. The molecule has 0 saturated heterocycles. The highest BCUT2D eigenvalue weighted by Gasteiger charge is 2.13. The second-order valence-electron chi connectivity index (χ2n) is 5.66. The van der Waals surface area contributed by atoms with Crippen molar-refractivity contribution in [2.24, 2.45) is 0 Å². The molecule has 0 saturated carbocycles. The lowest BCUT2D eigenvalue weighted by atomic mass is 10.1. The number of hydrogen-bond acceptors (Lipinski definition) is 3. The summed E-state index contributed by atoms with van der Waals surface area (Å²) in [5.41, 5.74) is 4.64. The van der Waals surface area contributed by atoms with Crippen molar-refractivity contribution >= 4 is 5.69 Å². The van der Waals surface area contributed by atoms with Gasteiger partial charge in [-0.05, 0) is 57.0 Å². The molecule has 2 aromatic carbocycles. The molecule has 2 rings (SSSR count). The average Bonchev–Trinajstić information content (AvgIpc) is 2.58. The van der Waals surface area contributed by atoms with Crippen LogP contribution in [0.15, 0.2) is 49.1 Å². The van der Waals surface area contributed by atoms with E-state index in [-0.39, 0.29) is 0 Å². The number of ether oxygens (including phenoxy) is 2. The second-order valence-corrected chi connectivity index (χ2v) is 5.66. The van der Waals surface area contributed by atoms with Crippen LogP contribution in [0.3, 0.4) is 0 Å². The molecule has 3 nitrogen and oxygen atoms in total. The first-order chi connectivity index (χ1) is 11.7. The Labute approximate surface area is 145 Å². The molecule has 3 heteroatoms. The van der Waals surface area contributed by atoms with E-state index in [0.717, 1.165) is 35.7 Å². The third kappa shape index (κ3) is 4.79. The monoisotopic (exact) mass is 325 g/mol. The SMILES string of the molecule is C=CCc1cc(CNc2ccc(C)cc2)cc(OCC)c1OCC. The molecule has 0 amide bonds. The Morgan fingerprint density at radius 1 is 1.04 bits per heavy atom. The van der Waals surface area contributed by atoms with Crippen LogP contribution in [0.5, 0.6) is 11.5 Å². The highest BCUT2D eigenvalue weighted by atomic mass is 16.5. The Balaban J connectivity index is 2.24. The first-order valence-corrected chi connectivity index (χ1v) is 8.50. The van der Waals surface area contributed by atoms with Crippen LogP contribution < -0.4 is 14.8 Å². The van der Waals surface area contributed by atoms with Gasteiger partial charge in [-0.3, -0.25) is 0 Å². The molecular weight excluding hydrogens is 298 g/mol. The first-order valence-electron chi connectivity index (χ1n) is 8.50. The zero-order valence-electron chi connectivity index (χ0n) is 14.9. The molecule has 0 fully saturated rings. The largest absolute Gasteiger partial charge is 0.490 e. The maximum Gasteiger partial charge on any atom is 0.164 e. The smallest absolute Gasteiger partial charge is 0.164 e. The third-order valence-corrected chi connectivity index (χ3v) is 3.69. The van der Waals surface area contributed by atoms with Gasteiger partial charge in [0, 0.05) is 17.8 Å². The van der Waals surface area contributed by atoms with Gasteiger partial charge in [0.15, 0.2) is 11.5 Å². The zero-order valence-corrected chi connectivity index (χ0v) is 14.9. The van der Waals surface area contributed by atoms with Crippen molar-refractivity contribution in [1.82, 2.24) is 0 Å². The summed E-state index contributed by atoms with van der Waals surface area (Å²) in [7, 11) is 0. The van der Waals surface area contributed by atoms with Crippen LogP contribution in [-0.4, -0.2) is 13.2 Å². The lowest BCUT2D eigenvalue weighted by molar-refractivity contribution is 0.285. The molecule has 0 bridgehead atoms. The fourth-order valence-corrected chi connectivity index (χ4v) is 2.58. The summed E-state index contributed by atoms with van der Waals surface area (Å²) in [6, 6.07) is 12.6. The second kappa shape index (κ2) is 9.02. The number of nitrogens with one attached hydrogen (secondary N) is 1. The highest BCUT2D eigenvalue weighted by molar-refractivity contribution is 5.52. The summed E-state index contributed by atoms with van der Waals surface area (Å²) >= 11 is 0. The average molecular weight is 325 g/mol. The molecule has 1 N–H and O–H groups in total. The topological polar surface area (TPSA) is 30.5 Å². The van der Waals surface area contributed by atoms with E-state index >= 15 is 0 Å². The fraction of sp³-hybridized carbons (Fsp3) is 0.333. The van der Waals surface area contributed by atoms with E-state index < -0.39 is 0 Å². The predicted molar refractivity (Wildman–Crippen MR) is 101 cm³/mol. The molecule has 0 heterocycles. The van der Waals surface area contributed by atoms with Gasteiger partial charge in [-0.15, -0.1) is 6.58 Å². The van der Waals surface area contributed by atoms with Crippen molar-refractivity contribution in [3.05, 3.63) is 65.7 Å². The van der Waals surface area contributed by atoms with Crippen LogP contribution in [0.25, 0.3) is 0 Å². The van der Waals surface area contributed by atoms with E-state index in [9.17, 15) is 0 Å². The van der Waals surface area contributed by atoms with E-state index in [0.29, 0.717) is 13.2 Å². The summed E-state index contributed by atoms with van der Waals surface area (Å²) in [5.74, 6) is 1.64. The summed E-state index contributed by atoms with van der Waals surface area (Å²) in [6.45, 7) is 11.9. The minimum atomic E-state index is 0.614. The summed E-state index contributed by atoms with van der Waals surface area (Å²) in [4.78, 5) is 0. The zero-order chi connectivity index (χ0) is 17.4. The third-order valence-electron chi connectivity index (χ3n) is 3.69. The van der Waals surface area contributed by atoms with Crippen molar-refractivity contribution < 1.29 is 9.47 Å². The molecule has 24 heavy (non-hydrogen) atoms. The van der Waals surface area contributed by atoms with E-state index in [4.69, 9.17) is 9.47 Å². The van der Waals surface area contributed by atoms with Crippen LogP contribution >= 0.6 is 0 Å². The molecule has 0 aliphatic heterocycles. The maximum atomic E-state index is 5.81. The molecule has 128 valence electrons. The standard InChI is InChI=1S/C21H27NO2/c1-5-8-18-13-17(14-20(23-6-2)21(18)24-7-3)15-22-19-11-9-16(4)10-12-19/h5,9-14,22H,1,6-8,15H2,2-4H3. The predicted octanol–water partition coefficient (Wildman–Crippen LogP) is 5.13. The van der Waals surface area contributed by atoms with Crippen molar-refractivity contribution in [3.8, 4) is 11.5 Å². The molecule has 0 aliphatic rings. The Bertz CT molecular complexity index is 662. The van der Waals surface area contributed by atoms with Gasteiger partial charge in [0.25, 0.3) is 0 Å². The van der Waals surface area contributed by atoms with E-state index in [2.05, 4.69) is 55.2 Å². The van der Waals surface area contributed by atoms with Gasteiger partial charge in [0.1, 0.15) is 0 Å². The van der Waals surface area contributed by atoms with Crippen LogP contribution in [0, 0.1) is 6.92 Å². The summed E-state index contributed by atoms with van der Waals surface area (Å²) < 4.78 is 11.6. The maximum absolute atomic E-state index is 5.81. The highest BCUT2D eigenvalue weighted by Crippen LogP contribution is 2.34. The molecule has 2 aromatic rings. The fourth-order valence-electron chi connectivity index (χ4n) is 2.58. The Morgan fingerprint density at radius 2 is 1.75 bits per heavy atom. The van der Waals surface area contributed by atoms with Gasteiger partial charge in [0.2, 0.25) is 0 Å². The minimum absolute atomic E-state index is 0.614. The molecule has 0 atom stereocenters. The van der Waals surface area contributed by atoms with Crippen molar-refractivity contribution in [2.45, 2.75) is 33.7 Å². The van der Waals surface area contributed by atoms with Crippen molar-refractivity contribution in [2.75, 3.05) is 18.5 Å². The van der Waals surface area contributed by atoms with Crippen LogP contribution in [0.4, 0.5) is 5.69 Å². The Hall–Kier alpha value is -2.42. The lowest BCUT2D eigenvalue weighted by Crippen LogP contribution is -2.05. The van der Waals surface area contributed by atoms with Gasteiger partial charge in [-0.1, -0.05) is 23.8 Å². The number of anilines is 1. The number of rotatable bonds is 9. The molecule has 0 unspecified atom stereocenters. The molecule has 0 spiro atoms. The van der Waals surface area contributed by atoms with E-state index in [1.54, 1.807) is 0 Å². The Kier molecular flexibility index (Phi) is 6.74. The number of aryl methyl sites for hydroxylation is 1. The summed E-state index contributed by atoms with van der Waals surface area (Å²) in [5, 5.41) is 3.46. The van der Waals surface area contributed by atoms with E-state index in [1.807, 2.05) is 19.9 Å². The quantitative estimate of drug-likeness (QED) is 0.648. The van der Waals surface area contributed by atoms with Crippen LogP contribution in [0.2, 0.25) is 0 Å². The molecule has 0 aliphatic carbocycles. The Morgan fingerprint density at radius 3 is 2.38 bits per heavy atom. The minimum Gasteiger partial charge on any atom is -0.490 e. The first kappa shape index (κ1) is 17.9.